The molecule has 0 saturated carbocycles. The molecule has 0 aliphatic carbocycles. The molecule has 0 spiro atoms. The van der Waals surface area contributed by atoms with E-state index in [2.05, 4.69) is 10.4 Å². The third-order valence-electron chi connectivity index (χ3n) is 4.53. The Morgan fingerprint density at radius 1 is 1.14 bits per heavy atom. The fourth-order valence-corrected chi connectivity index (χ4v) is 2.92. The van der Waals surface area contributed by atoms with Gasteiger partial charge in [0.05, 0.1) is 12.8 Å². The molecule has 1 aromatic heterocycles. The van der Waals surface area contributed by atoms with E-state index in [4.69, 9.17) is 4.74 Å². The average Bonchev–Trinajstić information content (AvgIpc) is 2.99. The number of carbonyl (C=O) groups is 1. The molecular formula is C21H22FN3O3. The van der Waals surface area contributed by atoms with Gasteiger partial charge in [-0.05, 0) is 55.3 Å². The monoisotopic (exact) mass is 383 g/mol. The maximum absolute atomic E-state index is 13.1. The van der Waals surface area contributed by atoms with Gasteiger partial charge in [0.25, 0.3) is 5.56 Å². The van der Waals surface area contributed by atoms with Crippen molar-refractivity contribution in [1.29, 1.82) is 0 Å². The average molecular weight is 383 g/mol. The lowest BCUT2D eigenvalue weighted by Gasteiger charge is -2.06. The summed E-state index contributed by atoms with van der Waals surface area (Å²) < 4.78 is 19.5. The molecule has 0 unspecified atom stereocenters. The number of aryl methyl sites for hydroxylation is 1. The molecule has 0 fully saturated rings. The van der Waals surface area contributed by atoms with Crippen molar-refractivity contribution in [3.05, 3.63) is 81.5 Å². The number of rotatable bonds is 7. The Hall–Kier alpha value is -3.35. The fraction of sp³-hybridized carbons (Fsp3) is 0.238. The highest BCUT2D eigenvalue weighted by molar-refractivity contribution is 5.76. The van der Waals surface area contributed by atoms with E-state index in [1.54, 1.807) is 14.0 Å². The number of hydrogen-bond donors (Lipinski definition) is 2. The molecule has 0 radical (unpaired) electrons. The summed E-state index contributed by atoms with van der Waals surface area (Å²) in [6, 6.07) is 13.1. The van der Waals surface area contributed by atoms with Crippen LogP contribution in [0.25, 0.3) is 5.69 Å². The highest BCUT2D eigenvalue weighted by atomic mass is 19.1. The SMILES string of the molecule is COc1ccc(CNC(=O)CCc2c(C)[nH]n(-c3ccc(F)cc3)c2=O)cc1. The Bertz CT molecular complexity index is 1000. The van der Waals surface area contributed by atoms with Crippen molar-refractivity contribution < 1.29 is 13.9 Å². The second kappa shape index (κ2) is 8.56. The third kappa shape index (κ3) is 4.49. The topological polar surface area (TPSA) is 76.1 Å². The zero-order valence-corrected chi connectivity index (χ0v) is 15.8. The molecule has 28 heavy (non-hydrogen) atoms. The zero-order chi connectivity index (χ0) is 20.1. The van der Waals surface area contributed by atoms with Gasteiger partial charge in [0.15, 0.2) is 0 Å². The number of aromatic amines is 1. The minimum absolute atomic E-state index is 0.135. The van der Waals surface area contributed by atoms with Crippen molar-refractivity contribution in [2.45, 2.75) is 26.3 Å². The summed E-state index contributed by atoms with van der Waals surface area (Å²) in [6.07, 6.45) is 0.525. The summed E-state index contributed by atoms with van der Waals surface area (Å²) >= 11 is 0. The van der Waals surface area contributed by atoms with Gasteiger partial charge in [-0.2, -0.15) is 0 Å². The number of nitrogens with zero attached hydrogens (tertiary/aromatic N) is 1. The summed E-state index contributed by atoms with van der Waals surface area (Å²) in [5.41, 5.74) is 2.52. The molecule has 3 aromatic rings. The van der Waals surface area contributed by atoms with Gasteiger partial charge >= 0.3 is 0 Å². The summed E-state index contributed by atoms with van der Waals surface area (Å²) in [7, 11) is 1.60. The molecule has 1 amide bonds. The van der Waals surface area contributed by atoms with Crippen molar-refractivity contribution in [2.24, 2.45) is 0 Å². The number of halogens is 1. The maximum Gasteiger partial charge on any atom is 0.274 e. The fourth-order valence-electron chi connectivity index (χ4n) is 2.92. The van der Waals surface area contributed by atoms with Gasteiger partial charge in [0.1, 0.15) is 11.6 Å². The van der Waals surface area contributed by atoms with Crippen LogP contribution in [0.1, 0.15) is 23.2 Å². The van der Waals surface area contributed by atoms with Crippen LogP contribution >= 0.6 is 0 Å². The van der Waals surface area contributed by atoms with Crippen LogP contribution < -0.4 is 15.6 Å². The Balaban J connectivity index is 1.60. The molecule has 1 heterocycles. The molecule has 0 bridgehead atoms. The van der Waals surface area contributed by atoms with Gasteiger partial charge in [-0.15, -0.1) is 0 Å². The minimum Gasteiger partial charge on any atom is -0.497 e. The van der Waals surface area contributed by atoms with Crippen LogP contribution in [0.4, 0.5) is 4.39 Å². The van der Waals surface area contributed by atoms with Crippen molar-refractivity contribution >= 4 is 5.91 Å². The number of methoxy groups -OCH3 is 1. The Labute approximate surface area is 161 Å². The second-order valence-corrected chi connectivity index (χ2v) is 6.46. The molecule has 7 heteroatoms. The van der Waals surface area contributed by atoms with Crippen molar-refractivity contribution in [1.82, 2.24) is 15.1 Å². The van der Waals surface area contributed by atoms with E-state index in [0.717, 1.165) is 11.3 Å². The first-order valence-corrected chi connectivity index (χ1v) is 8.94. The van der Waals surface area contributed by atoms with E-state index in [0.29, 0.717) is 29.9 Å². The van der Waals surface area contributed by atoms with Gasteiger partial charge in [-0.3, -0.25) is 14.7 Å². The lowest BCUT2D eigenvalue weighted by atomic mass is 10.1. The van der Waals surface area contributed by atoms with Gasteiger partial charge in [0.2, 0.25) is 5.91 Å². The third-order valence-corrected chi connectivity index (χ3v) is 4.53. The first-order chi connectivity index (χ1) is 13.5. The van der Waals surface area contributed by atoms with Crippen LogP contribution in [0.5, 0.6) is 5.75 Å². The number of amides is 1. The highest BCUT2D eigenvalue weighted by Gasteiger charge is 2.14. The van der Waals surface area contributed by atoms with Crippen molar-refractivity contribution in [2.75, 3.05) is 7.11 Å². The van der Waals surface area contributed by atoms with Crippen LogP contribution in [-0.2, 0) is 17.8 Å². The maximum atomic E-state index is 13.1. The smallest absolute Gasteiger partial charge is 0.274 e. The number of H-pyrrole nitrogens is 1. The molecule has 6 nitrogen and oxygen atoms in total. The molecule has 2 aromatic carbocycles. The Kier molecular flexibility index (Phi) is 5.93. The Morgan fingerprint density at radius 3 is 2.46 bits per heavy atom. The standard InChI is InChI=1S/C21H22FN3O3/c1-14-19(21(27)25(24-14)17-7-5-16(22)6-8-17)11-12-20(26)23-13-15-3-9-18(28-2)10-4-15/h3-10,24H,11-13H2,1-2H3,(H,23,26). The normalized spacial score (nSPS) is 10.7. The number of hydrogen-bond acceptors (Lipinski definition) is 3. The van der Waals surface area contributed by atoms with E-state index < -0.39 is 0 Å². The number of nitrogens with one attached hydrogen (secondary N) is 2. The lowest BCUT2D eigenvalue weighted by Crippen LogP contribution is -2.24. The highest BCUT2D eigenvalue weighted by Crippen LogP contribution is 2.12. The van der Waals surface area contributed by atoms with Gasteiger partial charge in [0, 0.05) is 24.2 Å². The molecular weight excluding hydrogens is 361 g/mol. The molecule has 0 aliphatic heterocycles. The van der Waals surface area contributed by atoms with Gasteiger partial charge in [-0.1, -0.05) is 12.1 Å². The molecule has 0 aliphatic rings. The van der Waals surface area contributed by atoms with E-state index >= 15 is 0 Å². The quantitative estimate of drug-likeness (QED) is 0.659. The van der Waals surface area contributed by atoms with Crippen LogP contribution in [0, 0.1) is 12.7 Å². The number of ether oxygens (including phenoxy) is 1. The van der Waals surface area contributed by atoms with E-state index in [9.17, 15) is 14.0 Å². The van der Waals surface area contributed by atoms with Gasteiger partial charge in [-0.25, -0.2) is 9.07 Å². The second-order valence-electron chi connectivity index (χ2n) is 6.46. The molecule has 0 atom stereocenters. The number of aromatic nitrogens is 2. The first kappa shape index (κ1) is 19.4. The first-order valence-electron chi connectivity index (χ1n) is 8.94. The largest absolute Gasteiger partial charge is 0.497 e. The Morgan fingerprint density at radius 2 is 1.82 bits per heavy atom. The summed E-state index contributed by atoms with van der Waals surface area (Å²) in [5, 5.41) is 5.83. The summed E-state index contributed by atoms with van der Waals surface area (Å²) in [4.78, 5) is 24.8. The molecule has 146 valence electrons. The van der Waals surface area contributed by atoms with E-state index in [-0.39, 0.29) is 23.7 Å². The van der Waals surface area contributed by atoms with E-state index in [1.165, 1.54) is 28.9 Å². The lowest BCUT2D eigenvalue weighted by molar-refractivity contribution is -0.121. The summed E-state index contributed by atoms with van der Waals surface area (Å²) in [6.45, 7) is 2.20. The van der Waals surface area contributed by atoms with E-state index in [1.807, 2.05) is 24.3 Å². The summed E-state index contributed by atoms with van der Waals surface area (Å²) in [5.74, 6) is 0.258. The molecule has 3 rings (SSSR count). The van der Waals surface area contributed by atoms with Crippen LogP contribution in [0.15, 0.2) is 53.3 Å². The predicted octanol–water partition coefficient (Wildman–Crippen LogP) is 2.87. The zero-order valence-electron chi connectivity index (χ0n) is 15.8. The molecule has 0 saturated heterocycles. The molecule has 2 N–H and O–H groups in total. The number of carbonyl (C=O) groups excluding carboxylic acids is 1. The van der Waals surface area contributed by atoms with Gasteiger partial charge < -0.3 is 10.1 Å². The van der Waals surface area contributed by atoms with Crippen LogP contribution in [0.3, 0.4) is 0 Å². The predicted molar refractivity (Wildman–Crippen MR) is 104 cm³/mol. The van der Waals surface area contributed by atoms with Crippen LogP contribution in [0.2, 0.25) is 0 Å². The minimum atomic E-state index is -0.367. The number of benzene rings is 2. The van der Waals surface area contributed by atoms with Crippen molar-refractivity contribution in [3.63, 3.8) is 0 Å². The van der Waals surface area contributed by atoms with Crippen molar-refractivity contribution in [3.8, 4) is 11.4 Å². The van der Waals surface area contributed by atoms with Crippen LogP contribution in [-0.4, -0.2) is 22.8 Å².